The molecule has 0 aliphatic rings. The van der Waals surface area contributed by atoms with Crippen LogP contribution in [0.4, 0.5) is 4.79 Å². The van der Waals surface area contributed by atoms with E-state index in [4.69, 9.17) is 9.84 Å². The zero-order valence-electron chi connectivity index (χ0n) is 9.77. The van der Waals surface area contributed by atoms with Gasteiger partial charge in [-0.1, -0.05) is 0 Å². The molecule has 0 aromatic rings. The molecule has 0 saturated heterocycles. The van der Waals surface area contributed by atoms with Crippen molar-refractivity contribution < 1.29 is 29.0 Å². The number of carbonyl (C=O) groups is 3. The molecule has 0 bridgehead atoms. The summed E-state index contributed by atoms with van der Waals surface area (Å²) in [6, 6.07) is 0. The van der Waals surface area contributed by atoms with Crippen molar-refractivity contribution in [3.8, 4) is 0 Å². The Morgan fingerprint density at radius 2 is 1.75 bits per heavy atom. The number of hydrogen-bond acceptors (Lipinski definition) is 5. The summed E-state index contributed by atoms with van der Waals surface area (Å²) < 4.78 is 9.28. The number of ether oxygens (including phenoxy) is 2. The molecule has 6 nitrogen and oxygen atoms in total. The van der Waals surface area contributed by atoms with E-state index in [2.05, 4.69) is 4.74 Å². The summed E-state index contributed by atoms with van der Waals surface area (Å²) in [6.45, 7) is 6.08. The van der Waals surface area contributed by atoms with Gasteiger partial charge in [0.2, 0.25) is 6.10 Å². The number of carboxylic acid groups (broad SMARTS) is 1. The first kappa shape index (κ1) is 14.4. The molecule has 0 aliphatic carbocycles. The van der Waals surface area contributed by atoms with Gasteiger partial charge in [-0.05, 0) is 27.7 Å². The monoisotopic (exact) mass is 232 g/mol. The van der Waals surface area contributed by atoms with Gasteiger partial charge in [-0.25, -0.2) is 9.59 Å². The van der Waals surface area contributed by atoms with Crippen molar-refractivity contribution in [1.29, 1.82) is 0 Å². The zero-order valence-corrected chi connectivity index (χ0v) is 9.77. The summed E-state index contributed by atoms with van der Waals surface area (Å²) in [7, 11) is 0. The molecule has 1 N–H and O–H groups in total. The van der Waals surface area contributed by atoms with E-state index in [1.807, 2.05) is 0 Å². The van der Waals surface area contributed by atoms with E-state index in [0.29, 0.717) is 0 Å². The standard InChI is InChI=1S/C10H16O6/c1-6(11)5-7(8(12)13)15-9(14)16-10(2,3)4/h7H,5H2,1-4H3,(H,12,13). The number of carboxylic acids is 1. The van der Waals surface area contributed by atoms with E-state index in [1.54, 1.807) is 20.8 Å². The maximum atomic E-state index is 11.1. The lowest BCUT2D eigenvalue weighted by Crippen LogP contribution is -2.32. The van der Waals surface area contributed by atoms with E-state index in [-0.39, 0.29) is 12.2 Å². The van der Waals surface area contributed by atoms with Crippen LogP contribution in [0.15, 0.2) is 0 Å². The Hall–Kier alpha value is -1.59. The first-order valence-corrected chi connectivity index (χ1v) is 4.73. The minimum atomic E-state index is -1.49. The lowest BCUT2D eigenvalue weighted by atomic mass is 10.2. The van der Waals surface area contributed by atoms with E-state index in [1.165, 1.54) is 6.92 Å². The van der Waals surface area contributed by atoms with E-state index in [9.17, 15) is 14.4 Å². The van der Waals surface area contributed by atoms with Crippen LogP contribution in [0.3, 0.4) is 0 Å². The van der Waals surface area contributed by atoms with Crippen molar-refractivity contribution in [2.24, 2.45) is 0 Å². The second-order valence-electron chi connectivity index (χ2n) is 4.32. The van der Waals surface area contributed by atoms with Gasteiger partial charge in [0, 0.05) is 0 Å². The molecule has 0 aromatic carbocycles. The van der Waals surface area contributed by atoms with Crippen LogP contribution in [0.2, 0.25) is 0 Å². The maximum Gasteiger partial charge on any atom is 0.509 e. The second-order valence-corrected chi connectivity index (χ2v) is 4.32. The first-order valence-electron chi connectivity index (χ1n) is 4.73. The van der Waals surface area contributed by atoms with E-state index in [0.717, 1.165) is 0 Å². The Bertz CT molecular complexity index is 288. The topological polar surface area (TPSA) is 89.9 Å². The molecule has 0 amide bonds. The van der Waals surface area contributed by atoms with Crippen molar-refractivity contribution in [2.45, 2.75) is 45.8 Å². The number of ketones is 1. The molecule has 0 spiro atoms. The quantitative estimate of drug-likeness (QED) is 0.736. The van der Waals surface area contributed by atoms with Crippen molar-refractivity contribution >= 4 is 17.9 Å². The maximum absolute atomic E-state index is 11.1. The number of hydrogen-bond donors (Lipinski definition) is 1. The largest absolute Gasteiger partial charge is 0.509 e. The fraction of sp³-hybridized carbons (Fsp3) is 0.700. The Kier molecular flexibility index (Phi) is 4.94. The Balaban J connectivity index is 4.35. The molecule has 0 fully saturated rings. The number of rotatable bonds is 4. The second kappa shape index (κ2) is 5.48. The summed E-state index contributed by atoms with van der Waals surface area (Å²) >= 11 is 0. The highest BCUT2D eigenvalue weighted by molar-refractivity contribution is 5.84. The Labute approximate surface area is 93.5 Å². The van der Waals surface area contributed by atoms with Crippen molar-refractivity contribution in [3.05, 3.63) is 0 Å². The van der Waals surface area contributed by atoms with Crippen LogP contribution in [-0.2, 0) is 19.1 Å². The fourth-order valence-electron chi connectivity index (χ4n) is 0.831. The molecule has 6 heteroatoms. The van der Waals surface area contributed by atoms with Gasteiger partial charge in [0.05, 0.1) is 6.42 Å². The van der Waals surface area contributed by atoms with Gasteiger partial charge >= 0.3 is 12.1 Å². The highest BCUT2D eigenvalue weighted by atomic mass is 16.7. The van der Waals surface area contributed by atoms with Crippen molar-refractivity contribution in [2.75, 3.05) is 0 Å². The summed E-state index contributed by atoms with van der Waals surface area (Å²) in [5, 5.41) is 8.68. The number of aliphatic carboxylic acids is 1. The van der Waals surface area contributed by atoms with Gasteiger partial charge in [0.25, 0.3) is 0 Å². The van der Waals surface area contributed by atoms with Gasteiger partial charge in [-0.15, -0.1) is 0 Å². The van der Waals surface area contributed by atoms with Crippen LogP contribution < -0.4 is 0 Å². The third-order valence-electron chi connectivity index (χ3n) is 1.38. The smallest absolute Gasteiger partial charge is 0.478 e. The molecule has 0 heterocycles. The van der Waals surface area contributed by atoms with Crippen molar-refractivity contribution in [3.63, 3.8) is 0 Å². The molecular weight excluding hydrogens is 216 g/mol. The van der Waals surface area contributed by atoms with E-state index < -0.39 is 23.8 Å². The molecule has 1 atom stereocenters. The van der Waals surface area contributed by atoms with Crippen LogP contribution in [0.1, 0.15) is 34.1 Å². The Morgan fingerprint density at radius 1 is 1.25 bits per heavy atom. The zero-order chi connectivity index (χ0) is 12.9. The summed E-state index contributed by atoms with van der Waals surface area (Å²) in [5.74, 6) is -1.75. The van der Waals surface area contributed by atoms with E-state index >= 15 is 0 Å². The fourth-order valence-corrected chi connectivity index (χ4v) is 0.831. The molecule has 0 radical (unpaired) electrons. The molecule has 0 aromatic heterocycles. The summed E-state index contributed by atoms with van der Waals surface area (Å²) in [5.41, 5.74) is -0.767. The third kappa shape index (κ3) is 6.80. The summed E-state index contributed by atoms with van der Waals surface area (Å²) in [4.78, 5) is 32.5. The lowest BCUT2D eigenvalue weighted by Gasteiger charge is -2.20. The number of carbonyl (C=O) groups excluding carboxylic acids is 2. The minimum Gasteiger partial charge on any atom is -0.478 e. The molecular formula is C10H16O6. The van der Waals surface area contributed by atoms with Crippen LogP contribution in [-0.4, -0.2) is 34.7 Å². The SMILES string of the molecule is CC(=O)CC(OC(=O)OC(C)(C)C)C(=O)O. The minimum absolute atomic E-state index is 0.366. The van der Waals surface area contributed by atoms with Crippen LogP contribution in [0.5, 0.6) is 0 Å². The molecule has 16 heavy (non-hydrogen) atoms. The van der Waals surface area contributed by atoms with Gasteiger partial charge in [0.15, 0.2) is 0 Å². The van der Waals surface area contributed by atoms with Crippen LogP contribution >= 0.6 is 0 Å². The average Bonchev–Trinajstić information content (AvgIpc) is 1.97. The normalized spacial score (nSPS) is 12.8. The predicted octanol–water partition coefficient (Wildman–Crippen LogP) is 1.37. The first-order chi connectivity index (χ1) is 7.11. The lowest BCUT2D eigenvalue weighted by molar-refractivity contribution is -0.151. The highest BCUT2D eigenvalue weighted by Crippen LogP contribution is 2.10. The Morgan fingerprint density at radius 3 is 2.06 bits per heavy atom. The highest BCUT2D eigenvalue weighted by Gasteiger charge is 2.27. The van der Waals surface area contributed by atoms with Gasteiger partial charge < -0.3 is 14.6 Å². The predicted molar refractivity (Wildman–Crippen MR) is 54.0 cm³/mol. The average molecular weight is 232 g/mol. The van der Waals surface area contributed by atoms with Gasteiger partial charge in [0.1, 0.15) is 11.4 Å². The molecule has 0 saturated carbocycles. The molecule has 1 unspecified atom stereocenters. The third-order valence-corrected chi connectivity index (χ3v) is 1.38. The van der Waals surface area contributed by atoms with Gasteiger partial charge in [-0.2, -0.15) is 0 Å². The molecule has 0 aliphatic heterocycles. The molecule has 0 rings (SSSR count). The van der Waals surface area contributed by atoms with Crippen LogP contribution in [0, 0.1) is 0 Å². The molecule has 92 valence electrons. The van der Waals surface area contributed by atoms with Crippen molar-refractivity contribution in [1.82, 2.24) is 0 Å². The number of Topliss-reactive ketones (excluding diaryl/α,β-unsaturated/α-hetero) is 1. The van der Waals surface area contributed by atoms with Crippen LogP contribution in [0.25, 0.3) is 0 Å². The summed E-state index contributed by atoms with van der Waals surface area (Å²) in [6.07, 6.45) is -2.96. The van der Waals surface area contributed by atoms with Gasteiger partial charge in [-0.3, -0.25) is 4.79 Å².